The minimum Gasteiger partial charge on any atom is -0.399 e. The van der Waals surface area contributed by atoms with Gasteiger partial charge in [0.1, 0.15) is 5.82 Å². The molecule has 0 amide bonds. The lowest BCUT2D eigenvalue weighted by Gasteiger charge is -2.05. The number of nitrogens with two attached hydrogens (primary N) is 1. The summed E-state index contributed by atoms with van der Waals surface area (Å²) in [5.41, 5.74) is 12.4. The van der Waals surface area contributed by atoms with Crippen LogP contribution in [0.4, 0.5) is 5.69 Å². The number of pyridine rings is 1. The number of imidazole rings is 1. The lowest BCUT2D eigenvalue weighted by molar-refractivity contribution is 1.05. The minimum absolute atomic E-state index is 0.763. The Bertz CT molecular complexity index is 769. The van der Waals surface area contributed by atoms with E-state index in [2.05, 4.69) is 36.4 Å². The molecule has 0 aliphatic carbocycles. The summed E-state index contributed by atoms with van der Waals surface area (Å²) in [6, 6.07) is 10.3. The third kappa shape index (κ3) is 1.87. The Labute approximate surface area is 112 Å². The molecule has 3 heteroatoms. The Balaban J connectivity index is 2.36. The molecular weight excluding hydrogens is 234 g/mol. The Morgan fingerprint density at radius 3 is 2.63 bits per heavy atom. The van der Waals surface area contributed by atoms with E-state index in [0.717, 1.165) is 22.7 Å². The molecule has 2 heterocycles. The maximum Gasteiger partial charge on any atom is 0.110 e. The third-order valence-electron chi connectivity index (χ3n) is 3.49. The first-order valence-electron chi connectivity index (χ1n) is 6.38. The van der Waals surface area contributed by atoms with Gasteiger partial charge in [0.25, 0.3) is 0 Å². The van der Waals surface area contributed by atoms with Gasteiger partial charge in [0.15, 0.2) is 0 Å². The average Bonchev–Trinajstić information content (AvgIpc) is 2.69. The SMILES string of the molecule is Cc1ccc(C)c(-c2nc(C)n3ccc(N)cc23)c1. The lowest BCUT2D eigenvalue weighted by atomic mass is 10.0. The summed E-state index contributed by atoms with van der Waals surface area (Å²) < 4.78 is 2.08. The van der Waals surface area contributed by atoms with Gasteiger partial charge in [0.2, 0.25) is 0 Å². The first-order valence-corrected chi connectivity index (χ1v) is 6.38. The van der Waals surface area contributed by atoms with Crippen LogP contribution in [0.2, 0.25) is 0 Å². The predicted molar refractivity (Wildman–Crippen MR) is 79.3 cm³/mol. The van der Waals surface area contributed by atoms with E-state index in [9.17, 15) is 0 Å². The topological polar surface area (TPSA) is 43.3 Å². The highest BCUT2D eigenvalue weighted by Crippen LogP contribution is 2.29. The number of fused-ring (bicyclic) bond motifs is 1. The smallest absolute Gasteiger partial charge is 0.110 e. The van der Waals surface area contributed by atoms with Crippen molar-refractivity contribution in [1.29, 1.82) is 0 Å². The molecule has 0 fully saturated rings. The molecule has 3 rings (SSSR count). The molecular formula is C16H17N3. The maximum atomic E-state index is 5.91. The molecule has 96 valence electrons. The molecule has 0 bridgehead atoms. The van der Waals surface area contributed by atoms with E-state index < -0.39 is 0 Å². The lowest BCUT2D eigenvalue weighted by Crippen LogP contribution is -1.91. The number of aryl methyl sites for hydroxylation is 3. The van der Waals surface area contributed by atoms with Crippen LogP contribution in [0.25, 0.3) is 16.8 Å². The number of hydrogen-bond donors (Lipinski definition) is 1. The van der Waals surface area contributed by atoms with Crippen molar-refractivity contribution in [3.05, 3.63) is 53.5 Å². The summed E-state index contributed by atoms with van der Waals surface area (Å²) >= 11 is 0. The van der Waals surface area contributed by atoms with Crippen LogP contribution in [0, 0.1) is 20.8 Å². The highest BCUT2D eigenvalue weighted by Gasteiger charge is 2.12. The number of hydrogen-bond acceptors (Lipinski definition) is 2. The van der Waals surface area contributed by atoms with E-state index in [1.165, 1.54) is 16.7 Å². The predicted octanol–water partition coefficient (Wildman–Crippen LogP) is 3.51. The molecule has 0 saturated heterocycles. The zero-order valence-electron chi connectivity index (χ0n) is 11.4. The van der Waals surface area contributed by atoms with Crippen LogP contribution in [0.15, 0.2) is 36.5 Å². The summed E-state index contributed by atoms with van der Waals surface area (Å²) in [6.07, 6.45) is 1.97. The van der Waals surface area contributed by atoms with E-state index in [4.69, 9.17) is 10.7 Å². The van der Waals surface area contributed by atoms with Crippen LogP contribution < -0.4 is 5.73 Å². The molecule has 0 atom stereocenters. The summed E-state index contributed by atoms with van der Waals surface area (Å²) in [4.78, 5) is 4.71. The van der Waals surface area contributed by atoms with Crippen LogP contribution in [-0.2, 0) is 0 Å². The molecule has 2 aromatic heterocycles. The Hall–Kier alpha value is -2.29. The summed E-state index contributed by atoms with van der Waals surface area (Å²) in [6.45, 7) is 6.22. The number of anilines is 1. The van der Waals surface area contributed by atoms with Crippen LogP contribution in [0.3, 0.4) is 0 Å². The Kier molecular flexibility index (Phi) is 2.56. The molecule has 0 unspecified atom stereocenters. The van der Waals surface area contributed by atoms with Crippen LogP contribution in [-0.4, -0.2) is 9.38 Å². The minimum atomic E-state index is 0.763. The molecule has 0 saturated carbocycles. The van der Waals surface area contributed by atoms with Crippen LogP contribution in [0.5, 0.6) is 0 Å². The highest BCUT2D eigenvalue weighted by atomic mass is 15.0. The van der Waals surface area contributed by atoms with E-state index in [0.29, 0.717) is 0 Å². The molecule has 3 nitrogen and oxygen atoms in total. The number of aromatic nitrogens is 2. The number of nitrogen functional groups attached to an aromatic ring is 1. The first kappa shape index (κ1) is 11.8. The van der Waals surface area contributed by atoms with Crippen molar-refractivity contribution in [2.45, 2.75) is 20.8 Å². The van der Waals surface area contributed by atoms with Gasteiger partial charge < -0.3 is 10.1 Å². The summed E-state index contributed by atoms with van der Waals surface area (Å²) in [5.74, 6) is 0.978. The zero-order valence-corrected chi connectivity index (χ0v) is 11.4. The largest absolute Gasteiger partial charge is 0.399 e. The van der Waals surface area contributed by atoms with E-state index in [1.807, 2.05) is 25.3 Å². The van der Waals surface area contributed by atoms with Crippen molar-refractivity contribution in [2.24, 2.45) is 0 Å². The fraction of sp³-hybridized carbons (Fsp3) is 0.188. The van der Waals surface area contributed by atoms with Gasteiger partial charge in [-0.2, -0.15) is 0 Å². The average molecular weight is 251 g/mol. The van der Waals surface area contributed by atoms with E-state index in [1.54, 1.807) is 0 Å². The molecule has 1 aromatic carbocycles. The molecule has 0 aliphatic heterocycles. The zero-order chi connectivity index (χ0) is 13.6. The summed E-state index contributed by atoms with van der Waals surface area (Å²) in [5, 5.41) is 0. The Morgan fingerprint density at radius 1 is 1.05 bits per heavy atom. The first-order chi connectivity index (χ1) is 9.06. The quantitative estimate of drug-likeness (QED) is 0.719. The van der Waals surface area contributed by atoms with Crippen LogP contribution in [0.1, 0.15) is 17.0 Å². The van der Waals surface area contributed by atoms with Crippen molar-refractivity contribution >= 4 is 11.2 Å². The van der Waals surface area contributed by atoms with Gasteiger partial charge in [-0.05, 0) is 44.5 Å². The number of rotatable bonds is 1. The van der Waals surface area contributed by atoms with Gasteiger partial charge in [0.05, 0.1) is 11.2 Å². The summed E-state index contributed by atoms with van der Waals surface area (Å²) in [7, 11) is 0. The standard InChI is InChI=1S/C16H17N3/c1-10-4-5-11(2)14(8-10)16-15-9-13(17)6-7-19(15)12(3)18-16/h4-9H,17H2,1-3H3. The van der Waals surface area contributed by atoms with Crippen molar-refractivity contribution in [3.8, 4) is 11.3 Å². The Morgan fingerprint density at radius 2 is 1.84 bits per heavy atom. The second-order valence-electron chi connectivity index (χ2n) is 5.04. The van der Waals surface area contributed by atoms with Crippen LogP contribution >= 0.6 is 0 Å². The third-order valence-corrected chi connectivity index (χ3v) is 3.49. The molecule has 19 heavy (non-hydrogen) atoms. The van der Waals surface area contributed by atoms with Crippen molar-refractivity contribution in [1.82, 2.24) is 9.38 Å². The van der Waals surface area contributed by atoms with Crippen molar-refractivity contribution in [3.63, 3.8) is 0 Å². The van der Waals surface area contributed by atoms with E-state index in [-0.39, 0.29) is 0 Å². The highest BCUT2D eigenvalue weighted by molar-refractivity contribution is 5.81. The molecule has 0 aliphatic rings. The second kappa shape index (κ2) is 4.12. The van der Waals surface area contributed by atoms with Gasteiger partial charge in [0, 0.05) is 17.4 Å². The molecule has 2 N–H and O–H groups in total. The van der Waals surface area contributed by atoms with Gasteiger partial charge in [-0.3, -0.25) is 0 Å². The van der Waals surface area contributed by atoms with Crippen molar-refractivity contribution in [2.75, 3.05) is 5.73 Å². The van der Waals surface area contributed by atoms with Gasteiger partial charge in [-0.1, -0.05) is 17.7 Å². The molecule has 0 spiro atoms. The monoisotopic (exact) mass is 251 g/mol. The van der Waals surface area contributed by atoms with Gasteiger partial charge in [-0.15, -0.1) is 0 Å². The number of nitrogens with zero attached hydrogens (tertiary/aromatic N) is 2. The fourth-order valence-electron chi connectivity index (χ4n) is 2.44. The second-order valence-corrected chi connectivity index (χ2v) is 5.04. The van der Waals surface area contributed by atoms with E-state index >= 15 is 0 Å². The number of benzene rings is 1. The fourth-order valence-corrected chi connectivity index (χ4v) is 2.44. The van der Waals surface area contributed by atoms with Gasteiger partial charge in [-0.25, -0.2) is 4.98 Å². The molecule has 0 radical (unpaired) electrons. The maximum absolute atomic E-state index is 5.91. The van der Waals surface area contributed by atoms with Crippen molar-refractivity contribution < 1.29 is 0 Å². The normalized spacial score (nSPS) is 11.1. The molecule has 3 aromatic rings. The van der Waals surface area contributed by atoms with Gasteiger partial charge >= 0.3 is 0 Å².